The van der Waals surface area contributed by atoms with Crippen LogP contribution in [0.4, 0.5) is 5.95 Å². The van der Waals surface area contributed by atoms with Crippen molar-refractivity contribution >= 4 is 17.3 Å². The van der Waals surface area contributed by atoms with Crippen molar-refractivity contribution in [3.63, 3.8) is 0 Å². The third-order valence-corrected chi connectivity index (χ3v) is 5.96. The second-order valence-corrected chi connectivity index (χ2v) is 7.96. The van der Waals surface area contributed by atoms with Crippen LogP contribution in [0.15, 0.2) is 29.9 Å². The van der Waals surface area contributed by atoms with E-state index in [1.54, 1.807) is 0 Å². The van der Waals surface area contributed by atoms with Gasteiger partial charge in [0.05, 0.1) is 5.60 Å². The maximum Gasteiger partial charge on any atom is 0.222 e. The summed E-state index contributed by atoms with van der Waals surface area (Å²) in [4.78, 5) is 12.6. The Labute approximate surface area is 147 Å². The number of hydrogen-bond acceptors (Lipinski definition) is 6. The molecule has 24 heavy (non-hydrogen) atoms. The predicted molar refractivity (Wildman–Crippen MR) is 96.3 cm³/mol. The summed E-state index contributed by atoms with van der Waals surface area (Å²) in [7, 11) is 0. The van der Waals surface area contributed by atoms with Gasteiger partial charge in [-0.15, -0.1) is 11.3 Å². The van der Waals surface area contributed by atoms with E-state index in [9.17, 15) is 0 Å². The molecular weight excluding hydrogens is 320 g/mol. The van der Waals surface area contributed by atoms with Crippen LogP contribution in [-0.4, -0.2) is 46.7 Å². The van der Waals surface area contributed by atoms with E-state index >= 15 is 0 Å². The zero-order valence-electron chi connectivity index (χ0n) is 14.1. The minimum atomic E-state index is 0.0903. The average Bonchev–Trinajstić information content (AvgIpc) is 3.19. The Balaban J connectivity index is 1.26. The van der Waals surface area contributed by atoms with Gasteiger partial charge in [-0.3, -0.25) is 4.90 Å². The van der Waals surface area contributed by atoms with Crippen molar-refractivity contribution in [2.75, 3.05) is 31.6 Å². The van der Waals surface area contributed by atoms with E-state index in [1.807, 2.05) is 30.7 Å². The normalized spacial score (nSPS) is 22.6. The predicted octanol–water partition coefficient (Wildman–Crippen LogP) is 2.94. The van der Waals surface area contributed by atoms with E-state index in [4.69, 9.17) is 4.74 Å². The molecule has 0 saturated carbocycles. The van der Waals surface area contributed by atoms with Crippen molar-refractivity contribution in [3.05, 3.63) is 40.3 Å². The SMILES string of the molecule is Cc1cnc(NCCC2CCOC23CN(Cc2cccs2)C3)nc1. The maximum absolute atomic E-state index is 6.16. The third kappa shape index (κ3) is 3.31. The number of anilines is 1. The lowest BCUT2D eigenvalue weighted by molar-refractivity contribution is -0.136. The van der Waals surface area contributed by atoms with Crippen molar-refractivity contribution < 1.29 is 4.74 Å². The van der Waals surface area contributed by atoms with Crippen LogP contribution >= 0.6 is 11.3 Å². The second kappa shape index (κ2) is 6.78. The van der Waals surface area contributed by atoms with E-state index < -0.39 is 0 Å². The molecular formula is C18H24N4OS. The van der Waals surface area contributed by atoms with E-state index in [1.165, 1.54) is 11.3 Å². The summed E-state index contributed by atoms with van der Waals surface area (Å²) in [6, 6.07) is 4.34. The molecule has 0 amide bonds. The highest BCUT2D eigenvalue weighted by Crippen LogP contribution is 2.42. The highest BCUT2D eigenvalue weighted by Gasteiger charge is 2.52. The van der Waals surface area contributed by atoms with Crippen LogP contribution in [0.3, 0.4) is 0 Å². The number of hydrogen-bond donors (Lipinski definition) is 1. The molecule has 1 N–H and O–H groups in total. The maximum atomic E-state index is 6.16. The van der Waals surface area contributed by atoms with E-state index in [2.05, 4.69) is 37.7 Å². The number of rotatable bonds is 6. The summed E-state index contributed by atoms with van der Waals surface area (Å²) >= 11 is 1.84. The molecule has 0 aromatic carbocycles. The number of nitrogens with one attached hydrogen (secondary N) is 1. The van der Waals surface area contributed by atoms with E-state index in [0.717, 1.165) is 50.7 Å². The Morgan fingerprint density at radius 2 is 2.21 bits per heavy atom. The van der Waals surface area contributed by atoms with Gasteiger partial charge in [-0.1, -0.05) is 6.07 Å². The Hall–Kier alpha value is -1.50. The lowest BCUT2D eigenvalue weighted by atomic mass is 9.79. The first-order valence-electron chi connectivity index (χ1n) is 8.65. The minimum absolute atomic E-state index is 0.0903. The Kier molecular flexibility index (Phi) is 4.52. The molecule has 1 spiro atoms. The highest BCUT2D eigenvalue weighted by molar-refractivity contribution is 7.09. The smallest absolute Gasteiger partial charge is 0.222 e. The van der Waals surface area contributed by atoms with Crippen LogP contribution in [0.5, 0.6) is 0 Å². The van der Waals surface area contributed by atoms with Gasteiger partial charge >= 0.3 is 0 Å². The molecule has 2 aliphatic rings. The van der Waals surface area contributed by atoms with Gasteiger partial charge in [0, 0.05) is 50.1 Å². The molecule has 2 aromatic heterocycles. The van der Waals surface area contributed by atoms with Crippen molar-refractivity contribution in [1.29, 1.82) is 0 Å². The number of aromatic nitrogens is 2. The Bertz CT molecular complexity index is 652. The van der Waals surface area contributed by atoms with Crippen LogP contribution in [0.25, 0.3) is 0 Å². The zero-order valence-corrected chi connectivity index (χ0v) is 14.9. The third-order valence-electron chi connectivity index (χ3n) is 5.10. The monoisotopic (exact) mass is 344 g/mol. The highest BCUT2D eigenvalue weighted by atomic mass is 32.1. The van der Waals surface area contributed by atoms with Crippen LogP contribution in [0.2, 0.25) is 0 Å². The fourth-order valence-corrected chi connectivity index (χ4v) is 4.58. The van der Waals surface area contributed by atoms with Crippen molar-refractivity contribution in [2.45, 2.75) is 31.9 Å². The lowest BCUT2D eigenvalue weighted by Crippen LogP contribution is -2.64. The van der Waals surface area contributed by atoms with Crippen LogP contribution in [-0.2, 0) is 11.3 Å². The van der Waals surface area contributed by atoms with Crippen molar-refractivity contribution in [2.24, 2.45) is 5.92 Å². The molecule has 4 rings (SSSR count). The first-order valence-corrected chi connectivity index (χ1v) is 9.53. The van der Waals surface area contributed by atoms with Crippen LogP contribution < -0.4 is 5.32 Å². The summed E-state index contributed by atoms with van der Waals surface area (Å²) in [6.07, 6.45) is 5.99. The molecule has 2 saturated heterocycles. The second-order valence-electron chi connectivity index (χ2n) is 6.92. The summed E-state index contributed by atoms with van der Waals surface area (Å²) < 4.78 is 6.16. The summed E-state index contributed by atoms with van der Waals surface area (Å²) in [5, 5.41) is 5.49. The van der Waals surface area contributed by atoms with Gasteiger partial charge in [0.2, 0.25) is 5.95 Å². The van der Waals surface area contributed by atoms with Crippen molar-refractivity contribution in [1.82, 2.24) is 14.9 Å². The molecule has 0 aliphatic carbocycles. The Morgan fingerprint density at radius 3 is 2.96 bits per heavy atom. The summed E-state index contributed by atoms with van der Waals surface area (Å²) in [5.41, 5.74) is 1.18. The average molecular weight is 344 g/mol. The van der Waals surface area contributed by atoms with Gasteiger partial charge in [-0.25, -0.2) is 9.97 Å². The van der Waals surface area contributed by atoms with Crippen LogP contribution in [0, 0.1) is 12.8 Å². The summed E-state index contributed by atoms with van der Waals surface area (Å²) in [5.74, 6) is 1.36. The first-order chi connectivity index (χ1) is 11.7. The number of aryl methyl sites for hydroxylation is 1. The molecule has 4 heterocycles. The fourth-order valence-electron chi connectivity index (χ4n) is 3.83. The number of ether oxygens (including phenoxy) is 1. The molecule has 2 fully saturated rings. The first kappa shape index (κ1) is 16.0. The molecule has 2 aromatic rings. The van der Waals surface area contributed by atoms with Gasteiger partial charge in [0.15, 0.2) is 0 Å². The molecule has 1 unspecified atom stereocenters. The van der Waals surface area contributed by atoms with Crippen molar-refractivity contribution in [3.8, 4) is 0 Å². The standard InChI is InChI=1S/C18H24N4OS/c1-14-9-20-17(21-10-14)19-6-4-15-5-7-23-18(15)12-22(13-18)11-16-3-2-8-24-16/h2-3,8-10,15H,4-7,11-13H2,1H3,(H,19,20,21). The lowest BCUT2D eigenvalue weighted by Gasteiger charge is -2.50. The van der Waals surface area contributed by atoms with Crippen LogP contribution in [0.1, 0.15) is 23.3 Å². The molecule has 0 radical (unpaired) electrons. The van der Waals surface area contributed by atoms with Gasteiger partial charge in [0.25, 0.3) is 0 Å². The van der Waals surface area contributed by atoms with Gasteiger partial charge < -0.3 is 10.1 Å². The molecule has 6 heteroatoms. The molecule has 128 valence electrons. The molecule has 1 atom stereocenters. The molecule has 2 aliphatic heterocycles. The molecule has 0 bridgehead atoms. The van der Waals surface area contributed by atoms with Gasteiger partial charge in [0.1, 0.15) is 0 Å². The molecule has 5 nitrogen and oxygen atoms in total. The van der Waals surface area contributed by atoms with Gasteiger partial charge in [-0.05, 0) is 42.7 Å². The van der Waals surface area contributed by atoms with E-state index in [0.29, 0.717) is 5.92 Å². The minimum Gasteiger partial charge on any atom is -0.372 e. The quantitative estimate of drug-likeness (QED) is 0.873. The Morgan fingerprint density at radius 1 is 1.38 bits per heavy atom. The number of thiophene rings is 1. The fraction of sp³-hybridized carbons (Fsp3) is 0.556. The number of likely N-dealkylation sites (tertiary alicyclic amines) is 1. The van der Waals surface area contributed by atoms with E-state index in [-0.39, 0.29) is 5.60 Å². The summed E-state index contributed by atoms with van der Waals surface area (Å²) in [6.45, 7) is 7.00. The number of nitrogens with zero attached hydrogens (tertiary/aromatic N) is 3. The topological polar surface area (TPSA) is 50.3 Å². The zero-order chi connectivity index (χ0) is 16.4. The largest absolute Gasteiger partial charge is 0.372 e. The van der Waals surface area contributed by atoms with Gasteiger partial charge in [-0.2, -0.15) is 0 Å².